The maximum absolute atomic E-state index is 13.2. The number of carbonyl (C=O) groups excluding carboxylic acids is 1. The quantitative estimate of drug-likeness (QED) is 0.882. The van der Waals surface area contributed by atoms with Crippen LogP contribution in [0.15, 0.2) is 36.4 Å². The van der Waals surface area contributed by atoms with Gasteiger partial charge in [0, 0.05) is 19.7 Å². The molecule has 110 valence electrons. The summed E-state index contributed by atoms with van der Waals surface area (Å²) in [6.45, 7) is 1.66. The molecule has 0 saturated heterocycles. The van der Waals surface area contributed by atoms with Crippen LogP contribution in [0.3, 0.4) is 0 Å². The van der Waals surface area contributed by atoms with E-state index in [4.69, 9.17) is 10.5 Å². The van der Waals surface area contributed by atoms with E-state index in [1.807, 2.05) is 0 Å². The molecular formula is C16H17FN2O2. The molecule has 2 aromatic carbocycles. The highest BCUT2D eigenvalue weighted by Crippen LogP contribution is 2.29. The highest BCUT2D eigenvalue weighted by Gasteiger charge is 2.11. The standard InChI is InChI=1S/C16H17FN2O2/c1-10-8-12(5-6-13(10)17)21-15-7-4-11(9-14(15)18)16(20)19(2)3/h4-9H,18H2,1-3H3. The van der Waals surface area contributed by atoms with Gasteiger partial charge in [0.05, 0.1) is 5.69 Å². The number of halogens is 1. The van der Waals surface area contributed by atoms with Crippen LogP contribution < -0.4 is 10.5 Å². The van der Waals surface area contributed by atoms with E-state index < -0.39 is 0 Å². The average Bonchev–Trinajstić information content (AvgIpc) is 2.44. The average molecular weight is 288 g/mol. The van der Waals surface area contributed by atoms with E-state index >= 15 is 0 Å². The minimum atomic E-state index is -0.290. The van der Waals surface area contributed by atoms with Gasteiger partial charge in [-0.15, -0.1) is 0 Å². The maximum Gasteiger partial charge on any atom is 0.253 e. The van der Waals surface area contributed by atoms with Crippen LogP contribution in [0, 0.1) is 12.7 Å². The van der Waals surface area contributed by atoms with E-state index in [0.717, 1.165) is 0 Å². The van der Waals surface area contributed by atoms with Crippen molar-refractivity contribution in [3.8, 4) is 11.5 Å². The molecule has 21 heavy (non-hydrogen) atoms. The molecule has 2 rings (SSSR count). The van der Waals surface area contributed by atoms with Crippen molar-refractivity contribution >= 4 is 11.6 Å². The molecule has 0 atom stereocenters. The zero-order valence-electron chi connectivity index (χ0n) is 12.2. The second kappa shape index (κ2) is 5.83. The van der Waals surface area contributed by atoms with E-state index in [1.54, 1.807) is 45.3 Å². The topological polar surface area (TPSA) is 55.6 Å². The number of amides is 1. The molecule has 0 fully saturated rings. The Bertz CT molecular complexity index is 684. The summed E-state index contributed by atoms with van der Waals surface area (Å²) in [6, 6.07) is 9.29. The smallest absolute Gasteiger partial charge is 0.253 e. The lowest BCUT2D eigenvalue weighted by atomic mass is 10.1. The molecule has 5 heteroatoms. The first kappa shape index (κ1) is 14.8. The van der Waals surface area contributed by atoms with E-state index in [9.17, 15) is 9.18 Å². The summed E-state index contributed by atoms with van der Waals surface area (Å²) >= 11 is 0. The lowest BCUT2D eigenvalue weighted by molar-refractivity contribution is 0.0827. The van der Waals surface area contributed by atoms with Crippen molar-refractivity contribution in [3.63, 3.8) is 0 Å². The number of ether oxygens (including phenoxy) is 1. The molecule has 0 aliphatic heterocycles. The molecule has 0 aliphatic carbocycles. The van der Waals surface area contributed by atoms with Gasteiger partial charge in [-0.05, 0) is 48.9 Å². The van der Waals surface area contributed by atoms with E-state index in [1.165, 1.54) is 17.0 Å². The Morgan fingerprint density at radius 2 is 1.90 bits per heavy atom. The highest BCUT2D eigenvalue weighted by molar-refractivity contribution is 5.95. The van der Waals surface area contributed by atoms with Crippen molar-refractivity contribution in [2.45, 2.75) is 6.92 Å². The number of nitrogens with zero attached hydrogens (tertiary/aromatic N) is 1. The van der Waals surface area contributed by atoms with Gasteiger partial charge in [-0.3, -0.25) is 4.79 Å². The van der Waals surface area contributed by atoms with Crippen LogP contribution >= 0.6 is 0 Å². The van der Waals surface area contributed by atoms with E-state index in [0.29, 0.717) is 28.3 Å². The minimum absolute atomic E-state index is 0.133. The molecule has 0 saturated carbocycles. The predicted molar refractivity (Wildman–Crippen MR) is 80.1 cm³/mol. The van der Waals surface area contributed by atoms with Gasteiger partial charge in [0.15, 0.2) is 0 Å². The summed E-state index contributed by atoms with van der Waals surface area (Å²) in [5, 5.41) is 0. The fourth-order valence-electron chi connectivity index (χ4n) is 1.84. The van der Waals surface area contributed by atoms with Crippen LogP contribution in [0.5, 0.6) is 11.5 Å². The van der Waals surface area contributed by atoms with Gasteiger partial charge >= 0.3 is 0 Å². The fourth-order valence-corrected chi connectivity index (χ4v) is 1.84. The number of aryl methyl sites for hydroxylation is 1. The van der Waals surface area contributed by atoms with Crippen molar-refractivity contribution in [2.24, 2.45) is 0 Å². The number of nitrogens with two attached hydrogens (primary N) is 1. The molecule has 0 unspecified atom stereocenters. The number of nitrogen functional groups attached to an aromatic ring is 1. The molecule has 0 bridgehead atoms. The third-order valence-corrected chi connectivity index (χ3v) is 3.02. The van der Waals surface area contributed by atoms with Crippen molar-refractivity contribution < 1.29 is 13.9 Å². The van der Waals surface area contributed by atoms with E-state index in [-0.39, 0.29) is 11.7 Å². The first-order valence-electron chi connectivity index (χ1n) is 6.43. The Labute approximate surface area is 122 Å². The van der Waals surface area contributed by atoms with Crippen molar-refractivity contribution in [1.29, 1.82) is 0 Å². The monoisotopic (exact) mass is 288 g/mol. The third-order valence-electron chi connectivity index (χ3n) is 3.02. The highest BCUT2D eigenvalue weighted by atomic mass is 19.1. The van der Waals surface area contributed by atoms with Gasteiger partial charge in [0.25, 0.3) is 5.91 Å². The van der Waals surface area contributed by atoms with Crippen LogP contribution in [0.1, 0.15) is 15.9 Å². The molecule has 1 amide bonds. The number of rotatable bonds is 3. The molecule has 4 nitrogen and oxygen atoms in total. The van der Waals surface area contributed by atoms with Gasteiger partial charge in [-0.2, -0.15) is 0 Å². The molecule has 0 radical (unpaired) electrons. The summed E-state index contributed by atoms with van der Waals surface area (Å²) < 4.78 is 18.8. The molecule has 2 N–H and O–H groups in total. The Morgan fingerprint density at radius 3 is 2.48 bits per heavy atom. The van der Waals surface area contributed by atoms with Gasteiger partial charge in [-0.25, -0.2) is 4.39 Å². The van der Waals surface area contributed by atoms with E-state index in [2.05, 4.69) is 0 Å². The van der Waals surface area contributed by atoms with Gasteiger partial charge in [0.1, 0.15) is 17.3 Å². The van der Waals surface area contributed by atoms with Gasteiger partial charge < -0.3 is 15.4 Å². The Morgan fingerprint density at radius 1 is 1.19 bits per heavy atom. The molecule has 0 spiro atoms. The molecular weight excluding hydrogens is 271 g/mol. The van der Waals surface area contributed by atoms with Crippen molar-refractivity contribution in [3.05, 3.63) is 53.3 Å². The van der Waals surface area contributed by atoms with Crippen LogP contribution in [0.2, 0.25) is 0 Å². The largest absolute Gasteiger partial charge is 0.455 e. The second-order valence-electron chi connectivity index (χ2n) is 4.97. The lowest BCUT2D eigenvalue weighted by Gasteiger charge is -2.13. The predicted octanol–water partition coefficient (Wildman–Crippen LogP) is 3.21. The Balaban J connectivity index is 2.25. The third kappa shape index (κ3) is 3.31. The first-order valence-corrected chi connectivity index (χ1v) is 6.43. The number of hydrogen-bond donors (Lipinski definition) is 1. The van der Waals surface area contributed by atoms with Crippen molar-refractivity contribution in [1.82, 2.24) is 4.90 Å². The summed E-state index contributed by atoms with van der Waals surface area (Å²) in [5.41, 5.74) is 7.23. The maximum atomic E-state index is 13.2. The number of anilines is 1. The van der Waals surface area contributed by atoms with Crippen LogP contribution in [-0.2, 0) is 0 Å². The SMILES string of the molecule is Cc1cc(Oc2ccc(C(=O)N(C)C)cc2N)ccc1F. The van der Waals surface area contributed by atoms with Crippen molar-refractivity contribution in [2.75, 3.05) is 19.8 Å². The molecule has 0 aliphatic rings. The summed E-state index contributed by atoms with van der Waals surface area (Å²) in [5.74, 6) is 0.497. The summed E-state index contributed by atoms with van der Waals surface area (Å²) in [6.07, 6.45) is 0. The molecule has 2 aromatic rings. The van der Waals surface area contributed by atoms with Crippen LogP contribution in [-0.4, -0.2) is 24.9 Å². The number of benzene rings is 2. The van der Waals surface area contributed by atoms with Gasteiger partial charge in [-0.1, -0.05) is 0 Å². The lowest BCUT2D eigenvalue weighted by Crippen LogP contribution is -2.21. The molecule has 0 heterocycles. The van der Waals surface area contributed by atoms with Gasteiger partial charge in [0.2, 0.25) is 0 Å². The fraction of sp³-hybridized carbons (Fsp3) is 0.188. The first-order chi connectivity index (χ1) is 9.88. The zero-order valence-corrected chi connectivity index (χ0v) is 12.2. The van der Waals surface area contributed by atoms with Crippen LogP contribution in [0.4, 0.5) is 10.1 Å². The number of carbonyl (C=O) groups is 1. The molecule has 0 aromatic heterocycles. The van der Waals surface area contributed by atoms with Crippen LogP contribution in [0.25, 0.3) is 0 Å². The normalized spacial score (nSPS) is 10.3. The minimum Gasteiger partial charge on any atom is -0.455 e. The Hall–Kier alpha value is -2.56. The number of hydrogen-bond acceptors (Lipinski definition) is 3. The Kier molecular flexibility index (Phi) is 4.12. The summed E-state index contributed by atoms with van der Waals surface area (Å²) in [4.78, 5) is 13.3. The zero-order chi connectivity index (χ0) is 15.6. The summed E-state index contributed by atoms with van der Waals surface area (Å²) in [7, 11) is 3.34. The second-order valence-corrected chi connectivity index (χ2v) is 4.97.